The Bertz CT molecular complexity index is 531. The summed E-state index contributed by atoms with van der Waals surface area (Å²) in [5.74, 6) is -0.227. The van der Waals surface area contributed by atoms with Crippen LogP contribution in [0.1, 0.15) is 24.1 Å². The molecule has 1 heterocycles. The number of nitrogens with one attached hydrogen (secondary N) is 1. The number of rotatable bonds is 5. The van der Waals surface area contributed by atoms with Crippen molar-refractivity contribution in [1.29, 1.82) is 0 Å². The molecule has 2 aromatic rings. The van der Waals surface area contributed by atoms with E-state index in [1.807, 2.05) is 25.1 Å². The monoisotopic (exact) mass is 322 g/mol. The molecule has 1 N–H and O–H groups in total. The Kier molecular flexibility index (Phi) is 5.05. The number of likely N-dealkylation sites (N-methyl/N-ethyl adjacent to an activating group) is 1. The van der Waals surface area contributed by atoms with Crippen molar-refractivity contribution in [2.24, 2.45) is 0 Å². The summed E-state index contributed by atoms with van der Waals surface area (Å²) >= 11 is 3.34. The van der Waals surface area contributed by atoms with E-state index >= 15 is 0 Å². The minimum atomic E-state index is -0.227. The lowest BCUT2D eigenvalue weighted by Gasteiger charge is -2.20. The van der Waals surface area contributed by atoms with E-state index in [4.69, 9.17) is 0 Å². The molecule has 0 spiro atoms. The highest BCUT2D eigenvalue weighted by Crippen LogP contribution is 2.28. The molecule has 0 bridgehead atoms. The van der Waals surface area contributed by atoms with Crippen LogP contribution in [0.2, 0.25) is 0 Å². The van der Waals surface area contributed by atoms with Gasteiger partial charge in [-0.25, -0.2) is 4.39 Å². The zero-order valence-electron chi connectivity index (χ0n) is 10.7. The summed E-state index contributed by atoms with van der Waals surface area (Å²) in [7, 11) is 0. The maximum absolute atomic E-state index is 13.6. The summed E-state index contributed by atoms with van der Waals surface area (Å²) < 4.78 is 14.2. The number of nitrogens with zero attached hydrogens (tertiary/aromatic N) is 1. The molecule has 2 rings (SSSR count). The van der Waals surface area contributed by atoms with Crippen LogP contribution in [-0.4, -0.2) is 11.5 Å². The molecule has 0 radical (unpaired) electrons. The van der Waals surface area contributed by atoms with Crippen LogP contribution in [0.15, 0.2) is 47.2 Å². The van der Waals surface area contributed by atoms with E-state index < -0.39 is 0 Å². The highest BCUT2D eigenvalue weighted by Gasteiger charge is 2.16. The van der Waals surface area contributed by atoms with Crippen LogP contribution >= 0.6 is 15.9 Å². The van der Waals surface area contributed by atoms with Crippen LogP contribution in [-0.2, 0) is 6.42 Å². The van der Waals surface area contributed by atoms with Crippen LogP contribution in [0.3, 0.4) is 0 Å². The van der Waals surface area contributed by atoms with E-state index in [0.29, 0.717) is 4.47 Å². The second kappa shape index (κ2) is 6.78. The summed E-state index contributed by atoms with van der Waals surface area (Å²) in [5.41, 5.74) is 2.12. The molecule has 4 heteroatoms. The second-order valence-corrected chi connectivity index (χ2v) is 5.11. The SMILES string of the molecule is CCNC(Cc1ccncc1)c1cccc(F)c1Br. The molecule has 0 saturated carbocycles. The van der Waals surface area contributed by atoms with Gasteiger partial charge >= 0.3 is 0 Å². The van der Waals surface area contributed by atoms with Crippen molar-refractivity contribution in [3.05, 3.63) is 64.1 Å². The van der Waals surface area contributed by atoms with Gasteiger partial charge in [-0.2, -0.15) is 0 Å². The minimum Gasteiger partial charge on any atom is -0.310 e. The lowest BCUT2D eigenvalue weighted by Crippen LogP contribution is -2.23. The van der Waals surface area contributed by atoms with Crippen molar-refractivity contribution < 1.29 is 4.39 Å². The number of hydrogen-bond donors (Lipinski definition) is 1. The van der Waals surface area contributed by atoms with Gasteiger partial charge in [-0.1, -0.05) is 19.1 Å². The van der Waals surface area contributed by atoms with E-state index in [1.54, 1.807) is 18.5 Å². The number of pyridine rings is 1. The van der Waals surface area contributed by atoms with Gasteiger partial charge in [-0.3, -0.25) is 4.98 Å². The molecule has 0 fully saturated rings. The van der Waals surface area contributed by atoms with Gasteiger partial charge in [0, 0.05) is 18.4 Å². The predicted octanol–water partition coefficient (Wildman–Crippen LogP) is 3.88. The molecule has 0 saturated heterocycles. The normalized spacial score (nSPS) is 12.4. The minimum absolute atomic E-state index is 0.0810. The molecule has 0 amide bonds. The Hall–Kier alpha value is -1.26. The first kappa shape index (κ1) is 14.2. The molecule has 100 valence electrons. The van der Waals surface area contributed by atoms with Crippen molar-refractivity contribution in [2.45, 2.75) is 19.4 Å². The van der Waals surface area contributed by atoms with Crippen molar-refractivity contribution in [2.75, 3.05) is 6.54 Å². The lowest BCUT2D eigenvalue weighted by atomic mass is 9.99. The summed E-state index contributed by atoms with van der Waals surface area (Å²) in [6.45, 7) is 2.88. The topological polar surface area (TPSA) is 24.9 Å². The Morgan fingerprint density at radius 2 is 2.00 bits per heavy atom. The first-order chi connectivity index (χ1) is 9.22. The number of benzene rings is 1. The van der Waals surface area contributed by atoms with Crippen molar-refractivity contribution in [1.82, 2.24) is 10.3 Å². The molecular formula is C15H16BrFN2. The van der Waals surface area contributed by atoms with Crippen LogP contribution < -0.4 is 5.32 Å². The first-order valence-corrected chi connectivity index (χ1v) is 7.08. The fourth-order valence-corrected chi connectivity index (χ4v) is 2.62. The van der Waals surface area contributed by atoms with E-state index in [2.05, 4.69) is 26.2 Å². The van der Waals surface area contributed by atoms with Crippen LogP contribution in [0.4, 0.5) is 4.39 Å². The van der Waals surface area contributed by atoms with Crippen LogP contribution in [0, 0.1) is 5.82 Å². The van der Waals surface area contributed by atoms with Gasteiger partial charge < -0.3 is 5.32 Å². The summed E-state index contributed by atoms with van der Waals surface area (Å²) in [6.07, 6.45) is 4.36. The van der Waals surface area contributed by atoms with E-state index in [0.717, 1.165) is 18.5 Å². The van der Waals surface area contributed by atoms with Gasteiger partial charge in [0.05, 0.1) is 4.47 Å². The van der Waals surface area contributed by atoms with E-state index in [9.17, 15) is 4.39 Å². The van der Waals surface area contributed by atoms with Gasteiger partial charge in [-0.15, -0.1) is 0 Å². The Labute approximate surface area is 121 Å². The van der Waals surface area contributed by atoms with Gasteiger partial charge in [0.25, 0.3) is 0 Å². The summed E-state index contributed by atoms with van der Waals surface area (Å²) in [6, 6.07) is 9.20. The molecular weight excluding hydrogens is 307 g/mol. The maximum Gasteiger partial charge on any atom is 0.137 e. The highest BCUT2D eigenvalue weighted by atomic mass is 79.9. The number of aromatic nitrogens is 1. The van der Waals surface area contributed by atoms with Gasteiger partial charge in [0.15, 0.2) is 0 Å². The van der Waals surface area contributed by atoms with E-state index in [1.165, 1.54) is 11.6 Å². The Morgan fingerprint density at radius 3 is 2.68 bits per heavy atom. The summed E-state index contributed by atoms with van der Waals surface area (Å²) in [4.78, 5) is 4.01. The lowest BCUT2D eigenvalue weighted by molar-refractivity contribution is 0.538. The first-order valence-electron chi connectivity index (χ1n) is 6.28. The third-order valence-corrected chi connectivity index (χ3v) is 3.83. The van der Waals surface area contributed by atoms with Crippen LogP contribution in [0.25, 0.3) is 0 Å². The van der Waals surface area contributed by atoms with Crippen molar-refractivity contribution in [3.8, 4) is 0 Å². The van der Waals surface area contributed by atoms with Crippen molar-refractivity contribution >= 4 is 15.9 Å². The number of hydrogen-bond acceptors (Lipinski definition) is 2. The molecule has 0 aliphatic rings. The third kappa shape index (κ3) is 3.61. The molecule has 19 heavy (non-hydrogen) atoms. The molecule has 1 aromatic heterocycles. The van der Waals surface area contributed by atoms with Crippen molar-refractivity contribution in [3.63, 3.8) is 0 Å². The largest absolute Gasteiger partial charge is 0.310 e. The smallest absolute Gasteiger partial charge is 0.137 e. The molecule has 1 aromatic carbocycles. The molecule has 1 atom stereocenters. The zero-order chi connectivity index (χ0) is 13.7. The maximum atomic E-state index is 13.6. The highest BCUT2D eigenvalue weighted by molar-refractivity contribution is 9.10. The quantitative estimate of drug-likeness (QED) is 0.903. The Balaban J connectivity index is 2.27. The molecule has 1 unspecified atom stereocenters. The fraction of sp³-hybridized carbons (Fsp3) is 0.267. The second-order valence-electron chi connectivity index (χ2n) is 4.31. The van der Waals surface area contributed by atoms with Gasteiger partial charge in [-0.05, 0) is 58.2 Å². The van der Waals surface area contributed by atoms with Gasteiger partial charge in [0.2, 0.25) is 0 Å². The Morgan fingerprint density at radius 1 is 1.26 bits per heavy atom. The van der Waals surface area contributed by atoms with E-state index in [-0.39, 0.29) is 11.9 Å². The van der Waals surface area contributed by atoms with Gasteiger partial charge in [0.1, 0.15) is 5.82 Å². The summed E-state index contributed by atoms with van der Waals surface area (Å²) in [5, 5.41) is 3.40. The average Bonchev–Trinajstić information content (AvgIpc) is 2.43. The van der Waals surface area contributed by atoms with Crippen LogP contribution in [0.5, 0.6) is 0 Å². The standard InChI is InChI=1S/C15H16BrFN2/c1-2-19-14(10-11-6-8-18-9-7-11)12-4-3-5-13(17)15(12)16/h3-9,14,19H,2,10H2,1H3. The zero-order valence-corrected chi connectivity index (χ0v) is 12.3. The number of halogens is 2. The average molecular weight is 323 g/mol. The molecule has 2 nitrogen and oxygen atoms in total. The third-order valence-electron chi connectivity index (χ3n) is 3.00. The molecule has 0 aliphatic carbocycles. The molecule has 0 aliphatic heterocycles. The predicted molar refractivity (Wildman–Crippen MR) is 78.5 cm³/mol. The fourth-order valence-electron chi connectivity index (χ4n) is 2.08.